The van der Waals surface area contributed by atoms with E-state index in [0.29, 0.717) is 6.61 Å². The second-order valence-corrected chi connectivity index (χ2v) is 3.17. The van der Waals surface area contributed by atoms with Gasteiger partial charge in [-0.1, -0.05) is 5.92 Å². The summed E-state index contributed by atoms with van der Waals surface area (Å²) in [6, 6.07) is -0.111. The summed E-state index contributed by atoms with van der Waals surface area (Å²) in [4.78, 5) is 11.3. The summed E-state index contributed by atoms with van der Waals surface area (Å²) in [7, 11) is 1.63. The van der Waals surface area contributed by atoms with Gasteiger partial charge in [-0.2, -0.15) is 0 Å². The highest BCUT2D eigenvalue weighted by Gasteiger charge is 2.13. The predicted octanol–water partition coefficient (Wildman–Crippen LogP) is -0.251. The fourth-order valence-corrected chi connectivity index (χ4v) is 1.09. The van der Waals surface area contributed by atoms with Crippen molar-refractivity contribution in [2.75, 3.05) is 20.3 Å². The second-order valence-electron chi connectivity index (χ2n) is 3.17. The zero-order valence-corrected chi connectivity index (χ0v) is 8.96. The molecule has 0 radical (unpaired) electrons. The van der Waals surface area contributed by atoms with Crippen LogP contribution in [0.1, 0.15) is 13.8 Å². The number of terminal acetylenes is 1. The summed E-state index contributed by atoms with van der Waals surface area (Å²) in [5.74, 6) is 2.26. The van der Waals surface area contributed by atoms with Crippen LogP contribution in [0.2, 0.25) is 0 Å². The van der Waals surface area contributed by atoms with Crippen molar-refractivity contribution in [3.8, 4) is 12.3 Å². The number of methoxy groups -OCH3 is 1. The average molecular weight is 198 g/mol. The molecule has 0 aliphatic rings. The number of rotatable bonds is 6. The number of hydrogen-bond acceptors (Lipinski definition) is 3. The molecule has 0 rings (SSSR count). The van der Waals surface area contributed by atoms with Gasteiger partial charge in [0.1, 0.15) is 0 Å². The molecule has 0 aromatic carbocycles. The monoisotopic (exact) mass is 198 g/mol. The first-order chi connectivity index (χ1) is 6.61. The Morgan fingerprint density at radius 3 is 2.71 bits per heavy atom. The fourth-order valence-electron chi connectivity index (χ4n) is 1.09. The first-order valence-corrected chi connectivity index (χ1v) is 4.58. The highest BCUT2D eigenvalue weighted by molar-refractivity contribution is 5.81. The van der Waals surface area contributed by atoms with Gasteiger partial charge in [0.05, 0.1) is 19.2 Å². The largest absolute Gasteiger partial charge is 0.383 e. The minimum Gasteiger partial charge on any atom is -0.383 e. The number of carbonyl (C=O) groups is 1. The van der Waals surface area contributed by atoms with E-state index in [1.165, 1.54) is 0 Å². The van der Waals surface area contributed by atoms with Gasteiger partial charge in [-0.05, 0) is 13.8 Å². The molecule has 0 saturated heterocycles. The molecule has 0 bridgehead atoms. The smallest absolute Gasteiger partial charge is 0.237 e. The summed E-state index contributed by atoms with van der Waals surface area (Å²) in [6.07, 6.45) is 5.02. The Morgan fingerprint density at radius 1 is 1.57 bits per heavy atom. The molecule has 0 aliphatic heterocycles. The Morgan fingerprint density at radius 2 is 2.21 bits per heavy atom. The molecule has 0 spiro atoms. The van der Waals surface area contributed by atoms with Crippen molar-refractivity contribution in [3.63, 3.8) is 0 Å². The molecule has 80 valence electrons. The van der Waals surface area contributed by atoms with Crippen LogP contribution in [0.15, 0.2) is 0 Å². The van der Waals surface area contributed by atoms with Gasteiger partial charge < -0.3 is 15.4 Å². The van der Waals surface area contributed by atoms with Crippen molar-refractivity contribution >= 4 is 5.91 Å². The van der Waals surface area contributed by atoms with Gasteiger partial charge in [-0.3, -0.25) is 4.79 Å². The molecule has 1 amide bonds. The van der Waals surface area contributed by atoms with Gasteiger partial charge >= 0.3 is 0 Å². The number of amides is 1. The van der Waals surface area contributed by atoms with E-state index < -0.39 is 0 Å². The van der Waals surface area contributed by atoms with Crippen LogP contribution in [-0.2, 0) is 9.53 Å². The molecule has 2 atom stereocenters. The third-order valence-electron chi connectivity index (χ3n) is 1.71. The summed E-state index contributed by atoms with van der Waals surface area (Å²) in [5.41, 5.74) is 0. The van der Waals surface area contributed by atoms with Crippen LogP contribution < -0.4 is 10.6 Å². The molecule has 2 unspecified atom stereocenters. The zero-order valence-electron chi connectivity index (χ0n) is 8.96. The van der Waals surface area contributed by atoms with Crippen molar-refractivity contribution in [1.29, 1.82) is 0 Å². The maximum absolute atomic E-state index is 11.3. The molecular weight excluding hydrogens is 180 g/mol. The van der Waals surface area contributed by atoms with Crippen LogP contribution >= 0.6 is 0 Å². The lowest BCUT2D eigenvalue weighted by atomic mass is 10.2. The maximum atomic E-state index is 11.3. The lowest BCUT2D eigenvalue weighted by Gasteiger charge is -2.18. The highest BCUT2D eigenvalue weighted by Crippen LogP contribution is 1.88. The Balaban J connectivity index is 3.77. The van der Waals surface area contributed by atoms with E-state index in [2.05, 4.69) is 16.6 Å². The molecule has 0 fully saturated rings. The lowest BCUT2D eigenvalue weighted by Crippen LogP contribution is -2.47. The van der Waals surface area contributed by atoms with E-state index >= 15 is 0 Å². The minimum atomic E-state index is -0.256. The Labute approximate surface area is 85.4 Å². The first kappa shape index (κ1) is 12.9. The Hall–Kier alpha value is -1.05. The predicted molar refractivity (Wildman–Crippen MR) is 55.8 cm³/mol. The summed E-state index contributed by atoms with van der Waals surface area (Å²) in [6.45, 7) is 4.59. The topological polar surface area (TPSA) is 50.4 Å². The SMILES string of the molecule is C#CCNC(=O)C(C)NC(C)COC. The van der Waals surface area contributed by atoms with Gasteiger partial charge in [-0.15, -0.1) is 6.42 Å². The van der Waals surface area contributed by atoms with Gasteiger partial charge in [0.25, 0.3) is 0 Å². The molecule has 0 aromatic heterocycles. The van der Waals surface area contributed by atoms with E-state index in [1.807, 2.05) is 6.92 Å². The maximum Gasteiger partial charge on any atom is 0.237 e. The van der Waals surface area contributed by atoms with Crippen LogP contribution in [-0.4, -0.2) is 38.3 Å². The minimum absolute atomic E-state index is 0.0918. The lowest BCUT2D eigenvalue weighted by molar-refractivity contribution is -0.122. The van der Waals surface area contributed by atoms with Crippen molar-refractivity contribution in [1.82, 2.24) is 10.6 Å². The van der Waals surface area contributed by atoms with Crippen molar-refractivity contribution in [2.24, 2.45) is 0 Å². The fraction of sp³-hybridized carbons (Fsp3) is 0.700. The van der Waals surface area contributed by atoms with Gasteiger partial charge in [0, 0.05) is 13.2 Å². The molecule has 4 heteroatoms. The van der Waals surface area contributed by atoms with E-state index in [9.17, 15) is 4.79 Å². The van der Waals surface area contributed by atoms with Crippen LogP contribution in [0.5, 0.6) is 0 Å². The molecule has 14 heavy (non-hydrogen) atoms. The number of carbonyl (C=O) groups excluding carboxylic acids is 1. The highest BCUT2D eigenvalue weighted by atomic mass is 16.5. The van der Waals surface area contributed by atoms with E-state index in [0.717, 1.165) is 0 Å². The van der Waals surface area contributed by atoms with Gasteiger partial charge in [-0.25, -0.2) is 0 Å². The number of hydrogen-bond donors (Lipinski definition) is 2. The summed E-state index contributed by atoms with van der Waals surface area (Å²) >= 11 is 0. The Kier molecular flexibility index (Phi) is 6.81. The van der Waals surface area contributed by atoms with E-state index in [4.69, 9.17) is 11.2 Å². The first-order valence-electron chi connectivity index (χ1n) is 4.58. The molecule has 0 aromatic rings. The van der Waals surface area contributed by atoms with E-state index in [1.54, 1.807) is 14.0 Å². The third kappa shape index (κ3) is 5.57. The third-order valence-corrected chi connectivity index (χ3v) is 1.71. The van der Waals surface area contributed by atoms with Crippen LogP contribution in [0, 0.1) is 12.3 Å². The molecule has 0 heterocycles. The van der Waals surface area contributed by atoms with Gasteiger partial charge in [0.2, 0.25) is 5.91 Å². The molecule has 4 nitrogen and oxygen atoms in total. The second kappa shape index (κ2) is 7.36. The molecular formula is C10H18N2O2. The number of nitrogens with one attached hydrogen (secondary N) is 2. The normalized spacial score (nSPS) is 14.1. The average Bonchev–Trinajstić information content (AvgIpc) is 2.14. The molecule has 0 saturated carbocycles. The Bertz CT molecular complexity index is 211. The van der Waals surface area contributed by atoms with E-state index in [-0.39, 0.29) is 24.5 Å². The van der Waals surface area contributed by atoms with Gasteiger partial charge in [0.15, 0.2) is 0 Å². The standard InChI is InChI=1S/C10H18N2O2/c1-5-6-11-10(13)9(3)12-8(2)7-14-4/h1,8-9,12H,6-7H2,2-4H3,(H,11,13). The van der Waals surface area contributed by atoms with Crippen LogP contribution in [0.25, 0.3) is 0 Å². The molecule has 2 N–H and O–H groups in total. The van der Waals surface area contributed by atoms with Crippen molar-refractivity contribution in [2.45, 2.75) is 25.9 Å². The van der Waals surface area contributed by atoms with Crippen molar-refractivity contribution in [3.05, 3.63) is 0 Å². The van der Waals surface area contributed by atoms with Crippen LogP contribution in [0.3, 0.4) is 0 Å². The summed E-state index contributed by atoms with van der Waals surface area (Å²) in [5, 5.41) is 5.68. The molecule has 0 aliphatic carbocycles. The summed E-state index contributed by atoms with van der Waals surface area (Å²) < 4.78 is 4.94. The zero-order chi connectivity index (χ0) is 11.0. The quantitative estimate of drug-likeness (QED) is 0.579. The number of ether oxygens (including phenoxy) is 1. The van der Waals surface area contributed by atoms with Crippen LogP contribution in [0.4, 0.5) is 0 Å². The van der Waals surface area contributed by atoms with Crippen molar-refractivity contribution < 1.29 is 9.53 Å².